The van der Waals surface area contributed by atoms with Gasteiger partial charge in [0.15, 0.2) is 5.96 Å². The lowest BCUT2D eigenvalue weighted by molar-refractivity contribution is 0.154. The van der Waals surface area contributed by atoms with Gasteiger partial charge in [-0.05, 0) is 24.3 Å². The molecule has 27 heavy (non-hydrogen) atoms. The van der Waals surface area contributed by atoms with Crippen LogP contribution in [-0.2, 0) is 20.0 Å². The monoisotopic (exact) mass is 529 g/mol. The Morgan fingerprint density at radius 1 is 1.26 bits per heavy atom. The Balaban J connectivity index is 0.00000364. The number of hydrogen-bond donors (Lipinski definition) is 2. The molecule has 0 aromatic carbocycles. The van der Waals surface area contributed by atoms with Crippen LogP contribution in [0.15, 0.2) is 22.5 Å². The van der Waals surface area contributed by atoms with Gasteiger partial charge in [0.2, 0.25) is 0 Å². The minimum atomic E-state index is -2.96. The molecule has 1 saturated carbocycles. The normalized spacial score (nSPS) is 17.2. The van der Waals surface area contributed by atoms with Crippen molar-refractivity contribution in [2.24, 2.45) is 4.99 Å². The molecule has 0 atom stereocenters. The summed E-state index contributed by atoms with van der Waals surface area (Å²) in [4.78, 5) is 5.75. The fraction of sp³-hybridized carbons (Fsp3) is 0.722. The summed E-state index contributed by atoms with van der Waals surface area (Å²) in [5.41, 5.74) is 0.204. The maximum absolute atomic E-state index is 11.1. The molecule has 9 heteroatoms. The highest BCUT2D eigenvalue weighted by atomic mass is 127. The van der Waals surface area contributed by atoms with E-state index in [1.54, 1.807) is 7.05 Å². The molecule has 0 aliphatic heterocycles. The molecule has 0 spiro atoms. The van der Waals surface area contributed by atoms with Crippen molar-refractivity contribution >= 4 is 51.1 Å². The van der Waals surface area contributed by atoms with Crippen LogP contribution in [0.3, 0.4) is 0 Å². The first-order valence-electron chi connectivity index (χ1n) is 9.19. The lowest BCUT2D eigenvalue weighted by Gasteiger charge is -2.37. The van der Waals surface area contributed by atoms with Gasteiger partial charge in [0, 0.05) is 36.7 Å². The van der Waals surface area contributed by atoms with E-state index in [1.807, 2.05) is 11.3 Å². The molecule has 0 bridgehead atoms. The van der Waals surface area contributed by atoms with Gasteiger partial charge in [0.25, 0.3) is 0 Å². The van der Waals surface area contributed by atoms with E-state index < -0.39 is 9.84 Å². The number of nitrogens with zero attached hydrogens (tertiary/aromatic N) is 1. The van der Waals surface area contributed by atoms with Crippen molar-refractivity contribution in [3.63, 3.8) is 0 Å². The van der Waals surface area contributed by atoms with E-state index in [2.05, 4.69) is 33.1 Å². The fourth-order valence-corrected chi connectivity index (χ4v) is 4.75. The summed E-state index contributed by atoms with van der Waals surface area (Å²) >= 11 is 1.85. The molecule has 1 heterocycles. The number of nitrogens with one attached hydrogen (secondary N) is 2. The second-order valence-electron chi connectivity index (χ2n) is 6.91. The molecule has 156 valence electrons. The zero-order valence-electron chi connectivity index (χ0n) is 16.2. The van der Waals surface area contributed by atoms with Crippen LogP contribution in [0.2, 0.25) is 0 Å². The average molecular weight is 530 g/mol. The van der Waals surface area contributed by atoms with E-state index in [1.165, 1.54) is 43.2 Å². The van der Waals surface area contributed by atoms with E-state index in [-0.39, 0.29) is 41.8 Å². The van der Waals surface area contributed by atoms with Crippen LogP contribution in [0.1, 0.15) is 37.0 Å². The van der Waals surface area contributed by atoms with Crippen molar-refractivity contribution in [3.8, 4) is 0 Å². The first kappa shape index (κ1) is 24.6. The smallest absolute Gasteiger partial charge is 0.191 e. The highest BCUT2D eigenvalue weighted by molar-refractivity contribution is 14.0. The molecule has 0 unspecified atom stereocenters. The number of thiophene rings is 1. The minimum Gasteiger partial charge on any atom is -0.379 e. The molecule has 1 aromatic heterocycles. The number of halogens is 1. The second-order valence-corrected chi connectivity index (χ2v) is 10.1. The Kier molecular flexibility index (Phi) is 11.2. The number of hydrogen-bond acceptors (Lipinski definition) is 5. The van der Waals surface area contributed by atoms with Gasteiger partial charge in [-0.3, -0.25) is 4.99 Å². The summed E-state index contributed by atoms with van der Waals surface area (Å²) in [6.45, 7) is 2.15. The van der Waals surface area contributed by atoms with Gasteiger partial charge < -0.3 is 15.4 Å². The Bertz CT molecular complexity index is 657. The highest BCUT2D eigenvalue weighted by Crippen LogP contribution is 2.41. The predicted octanol–water partition coefficient (Wildman–Crippen LogP) is 2.79. The molecular formula is C18H32IN3O3S2. The van der Waals surface area contributed by atoms with Gasteiger partial charge in [-0.15, -0.1) is 35.3 Å². The van der Waals surface area contributed by atoms with Crippen LogP contribution < -0.4 is 10.6 Å². The van der Waals surface area contributed by atoms with Crippen molar-refractivity contribution in [2.45, 2.75) is 37.5 Å². The van der Waals surface area contributed by atoms with E-state index in [0.717, 1.165) is 12.5 Å². The minimum absolute atomic E-state index is 0. The summed E-state index contributed by atoms with van der Waals surface area (Å²) in [7, 11) is -1.20. The first-order valence-corrected chi connectivity index (χ1v) is 12.1. The van der Waals surface area contributed by atoms with Crippen LogP contribution in [0.25, 0.3) is 0 Å². The number of aliphatic imine (C=N–C) groups is 1. The molecule has 2 N–H and O–H groups in total. The maximum Gasteiger partial charge on any atom is 0.191 e. The number of guanidine groups is 1. The van der Waals surface area contributed by atoms with Crippen LogP contribution in [0, 0.1) is 0 Å². The van der Waals surface area contributed by atoms with E-state index in [0.29, 0.717) is 13.2 Å². The topological polar surface area (TPSA) is 79.8 Å². The largest absolute Gasteiger partial charge is 0.379 e. The van der Waals surface area contributed by atoms with E-state index in [9.17, 15) is 8.42 Å². The van der Waals surface area contributed by atoms with Crippen molar-refractivity contribution in [3.05, 3.63) is 22.4 Å². The number of ether oxygens (including phenoxy) is 1. The molecule has 0 saturated heterocycles. The lowest BCUT2D eigenvalue weighted by Crippen LogP contribution is -2.46. The molecule has 1 aromatic rings. The molecule has 2 rings (SSSR count). The fourth-order valence-electron chi connectivity index (χ4n) is 3.35. The van der Waals surface area contributed by atoms with E-state index in [4.69, 9.17) is 4.74 Å². The number of sulfone groups is 1. The van der Waals surface area contributed by atoms with Gasteiger partial charge in [0.05, 0.1) is 19.0 Å². The SMILES string of the molecule is CN=C(NCCOCCS(C)(=O)=O)NCC1(c2cccs2)CCCCC1.I. The third kappa shape index (κ3) is 8.66. The Hall–Kier alpha value is -0.390. The van der Waals surface area contributed by atoms with Gasteiger partial charge in [-0.2, -0.15) is 0 Å². The Labute approximate surface area is 184 Å². The predicted molar refractivity (Wildman–Crippen MR) is 124 cm³/mol. The summed E-state index contributed by atoms with van der Waals surface area (Å²) in [5.74, 6) is 0.821. The molecular weight excluding hydrogens is 497 g/mol. The Morgan fingerprint density at radius 2 is 2.00 bits per heavy atom. The van der Waals surface area contributed by atoms with Crippen molar-refractivity contribution in [1.29, 1.82) is 0 Å². The molecule has 0 amide bonds. The third-order valence-electron chi connectivity index (χ3n) is 4.81. The maximum atomic E-state index is 11.1. The quantitative estimate of drug-likeness (QED) is 0.223. The summed E-state index contributed by atoms with van der Waals surface area (Å²) < 4.78 is 27.5. The zero-order chi connectivity index (χ0) is 18.9. The first-order chi connectivity index (χ1) is 12.5. The van der Waals surface area contributed by atoms with Crippen LogP contribution in [0.4, 0.5) is 0 Å². The van der Waals surface area contributed by atoms with Crippen molar-refractivity contribution in [1.82, 2.24) is 10.6 Å². The second kappa shape index (κ2) is 12.2. The van der Waals surface area contributed by atoms with E-state index >= 15 is 0 Å². The van der Waals surface area contributed by atoms with Crippen LogP contribution in [-0.4, -0.2) is 59.7 Å². The van der Waals surface area contributed by atoms with Crippen LogP contribution in [0.5, 0.6) is 0 Å². The molecule has 1 aliphatic carbocycles. The summed E-state index contributed by atoms with van der Waals surface area (Å²) in [6, 6.07) is 4.39. The number of rotatable bonds is 9. The van der Waals surface area contributed by atoms with Gasteiger partial charge in [0.1, 0.15) is 9.84 Å². The van der Waals surface area contributed by atoms with Gasteiger partial charge >= 0.3 is 0 Å². The van der Waals surface area contributed by atoms with Gasteiger partial charge in [-0.1, -0.05) is 25.3 Å². The highest BCUT2D eigenvalue weighted by Gasteiger charge is 2.34. The standard InChI is InChI=1S/C18H31N3O3S2.HI/c1-19-17(20-10-11-24-12-14-26(2,22)23)21-15-18(8-4-3-5-9-18)16-7-6-13-25-16;/h6-7,13H,3-5,8-12,14-15H2,1-2H3,(H2,19,20,21);1H. The third-order valence-corrected chi connectivity index (χ3v) is 6.83. The Morgan fingerprint density at radius 3 is 2.59 bits per heavy atom. The molecule has 1 aliphatic rings. The zero-order valence-corrected chi connectivity index (χ0v) is 20.2. The molecule has 6 nitrogen and oxygen atoms in total. The summed E-state index contributed by atoms with van der Waals surface area (Å²) in [5, 5.41) is 8.87. The molecule has 1 fully saturated rings. The van der Waals surface area contributed by atoms with Crippen molar-refractivity contribution in [2.75, 3.05) is 45.4 Å². The van der Waals surface area contributed by atoms with Crippen LogP contribution >= 0.6 is 35.3 Å². The summed E-state index contributed by atoms with van der Waals surface area (Å²) in [6.07, 6.45) is 7.53. The molecule has 0 radical (unpaired) electrons. The van der Waals surface area contributed by atoms with Crippen molar-refractivity contribution < 1.29 is 13.2 Å². The van der Waals surface area contributed by atoms with Gasteiger partial charge in [-0.25, -0.2) is 8.42 Å². The lowest BCUT2D eigenvalue weighted by atomic mass is 9.73. The average Bonchev–Trinajstić information content (AvgIpc) is 3.15.